The number of allylic oxidation sites excluding steroid dienone is 1. The highest BCUT2D eigenvalue weighted by molar-refractivity contribution is 6.99. The number of fused-ring (bicyclic) bond motifs is 1. The SMILES string of the molecule is CC(C)[C@H](CC(=O)C(C)(C)/C=C/c1ccc2ccc([C@@H](C)O)nc2c1)C(=O)N[C@H](C(=O)N1CCC[C@@H](C(=O)O)N1)[C@@H](C)O[Si](c1ccccc1)(c1ccccc1)C(C)(C)C. The van der Waals surface area contributed by atoms with E-state index in [2.05, 4.69) is 60.8 Å². The van der Waals surface area contributed by atoms with Crippen molar-refractivity contribution < 1.29 is 33.8 Å². The standard InChI is InChI=1S/C48H62N4O7Si/c1-31(2)38(30-42(54)48(8,9)27-26-34-22-23-35-24-25-39(32(3)53)49-41(35)29-34)44(55)50-43(45(56)52-28-16-21-40(51-52)46(57)58)33(4)59-60(47(5,6)7,36-17-12-10-13-18-36)37-19-14-11-15-20-37/h10-15,17-20,22-27,29,31-33,38,40,43,51,53H,16,21,28,30H2,1-9H3,(H,50,55)(H,57,58)/b27-26+/t32-,33-,38+,40+,43+/m1/s1. The predicted molar refractivity (Wildman–Crippen MR) is 239 cm³/mol. The first kappa shape index (κ1) is 46.1. The van der Waals surface area contributed by atoms with Crippen molar-refractivity contribution in [1.29, 1.82) is 0 Å². The molecule has 0 unspecified atom stereocenters. The molecule has 11 nitrogen and oxygen atoms in total. The van der Waals surface area contributed by atoms with Gasteiger partial charge in [-0.25, -0.2) is 5.43 Å². The Hall–Kier alpha value is -5.01. The van der Waals surface area contributed by atoms with Gasteiger partial charge in [-0.05, 0) is 79.6 Å². The molecular weight excluding hydrogens is 773 g/mol. The lowest BCUT2D eigenvalue weighted by Gasteiger charge is -2.46. The van der Waals surface area contributed by atoms with Crippen molar-refractivity contribution in [3.63, 3.8) is 0 Å². The van der Waals surface area contributed by atoms with Crippen LogP contribution in [0.1, 0.15) is 98.9 Å². The van der Waals surface area contributed by atoms with Crippen LogP contribution in [0, 0.1) is 17.3 Å². The number of carboxylic acid groups (broad SMARTS) is 1. The smallest absolute Gasteiger partial charge is 0.322 e. The minimum atomic E-state index is -3.23. The van der Waals surface area contributed by atoms with Crippen LogP contribution in [-0.2, 0) is 23.6 Å². The van der Waals surface area contributed by atoms with E-state index in [-0.39, 0.29) is 24.7 Å². The molecule has 5 atom stereocenters. The third-order valence-electron chi connectivity index (χ3n) is 11.7. The maximum atomic E-state index is 14.7. The average Bonchev–Trinajstić information content (AvgIpc) is 3.22. The summed E-state index contributed by atoms with van der Waals surface area (Å²) in [4.78, 5) is 60.0. The maximum Gasteiger partial charge on any atom is 0.322 e. The zero-order chi connectivity index (χ0) is 44.0. The number of ketones is 1. The Bertz CT molecular complexity index is 2130. The third-order valence-corrected chi connectivity index (χ3v) is 16.8. The number of rotatable bonds is 16. The number of hydrazine groups is 1. The molecule has 2 amide bonds. The van der Waals surface area contributed by atoms with E-state index in [9.17, 15) is 29.4 Å². The van der Waals surface area contributed by atoms with Gasteiger partial charge < -0.3 is 20.0 Å². The Morgan fingerprint density at radius 3 is 2.07 bits per heavy atom. The largest absolute Gasteiger partial charge is 0.480 e. The van der Waals surface area contributed by atoms with Gasteiger partial charge in [0.2, 0.25) is 5.91 Å². The molecule has 0 radical (unpaired) electrons. The van der Waals surface area contributed by atoms with Crippen molar-refractivity contribution in [1.82, 2.24) is 20.7 Å². The normalized spacial score (nSPS) is 17.3. The van der Waals surface area contributed by atoms with E-state index in [1.165, 1.54) is 5.01 Å². The summed E-state index contributed by atoms with van der Waals surface area (Å²) in [6.07, 6.45) is 2.86. The molecule has 2 heterocycles. The van der Waals surface area contributed by atoms with Crippen LogP contribution in [0.15, 0.2) is 97.1 Å². The molecule has 1 aliphatic heterocycles. The fraction of sp³-hybridized carbons (Fsp3) is 0.438. The Morgan fingerprint density at radius 1 is 0.917 bits per heavy atom. The van der Waals surface area contributed by atoms with Crippen LogP contribution in [0.2, 0.25) is 5.04 Å². The van der Waals surface area contributed by atoms with Gasteiger partial charge in [0.1, 0.15) is 17.9 Å². The number of aromatic nitrogens is 1. The first-order chi connectivity index (χ1) is 28.2. The van der Waals surface area contributed by atoms with Crippen molar-refractivity contribution in [2.24, 2.45) is 17.3 Å². The molecule has 0 spiro atoms. The molecule has 1 saturated heterocycles. The van der Waals surface area contributed by atoms with Crippen LogP contribution in [-0.4, -0.2) is 76.8 Å². The number of Topliss-reactive ketones (excluding diaryl/α,β-unsaturated/α-hetero) is 1. The highest BCUT2D eigenvalue weighted by Gasteiger charge is 2.52. The number of carbonyl (C=O) groups excluding carboxylic acids is 3. The van der Waals surface area contributed by atoms with Gasteiger partial charge in [0, 0.05) is 29.7 Å². The Labute approximate surface area is 355 Å². The number of aliphatic hydroxyl groups excluding tert-OH is 1. The van der Waals surface area contributed by atoms with Crippen LogP contribution >= 0.6 is 0 Å². The Balaban J connectivity index is 1.45. The number of benzene rings is 3. The van der Waals surface area contributed by atoms with Crippen LogP contribution in [0.25, 0.3) is 17.0 Å². The minimum absolute atomic E-state index is 0.0776. The lowest BCUT2D eigenvalue weighted by atomic mass is 9.79. The van der Waals surface area contributed by atoms with Crippen molar-refractivity contribution in [3.8, 4) is 0 Å². The second-order valence-electron chi connectivity index (χ2n) is 18.0. The number of pyridine rings is 1. The quantitative estimate of drug-likeness (QED) is 0.0915. The van der Waals surface area contributed by atoms with E-state index in [0.717, 1.165) is 26.8 Å². The van der Waals surface area contributed by atoms with Gasteiger partial charge in [0.15, 0.2) is 0 Å². The van der Waals surface area contributed by atoms with E-state index in [1.54, 1.807) is 19.9 Å². The minimum Gasteiger partial charge on any atom is -0.480 e. The molecule has 0 bridgehead atoms. The monoisotopic (exact) mass is 834 g/mol. The Kier molecular flexibility index (Phi) is 14.7. The number of hydrogen-bond acceptors (Lipinski definition) is 8. The molecule has 4 N–H and O–H groups in total. The second kappa shape index (κ2) is 19.1. The van der Waals surface area contributed by atoms with Crippen molar-refractivity contribution in [3.05, 3.63) is 108 Å². The summed E-state index contributed by atoms with van der Waals surface area (Å²) in [5.74, 6) is -3.24. The molecule has 60 heavy (non-hydrogen) atoms. The van der Waals surface area contributed by atoms with E-state index >= 15 is 0 Å². The van der Waals surface area contributed by atoms with Gasteiger partial charge in [-0.3, -0.25) is 29.2 Å². The van der Waals surface area contributed by atoms with Gasteiger partial charge in [0.05, 0.1) is 23.4 Å². The zero-order valence-electron chi connectivity index (χ0n) is 36.4. The van der Waals surface area contributed by atoms with Crippen LogP contribution in [0.3, 0.4) is 0 Å². The predicted octanol–water partition coefficient (Wildman–Crippen LogP) is 6.59. The molecule has 5 rings (SSSR count). The summed E-state index contributed by atoms with van der Waals surface area (Å²) in [5, 5.41) is 26.7. The van der Waals surface area contributed by atoms with Crippen molar-refractivity contribution in [2.75, 3.05) is 6.54 Å². The summed E-state index contributed by atoms with van der Waals surface area (Å²) in [5.41, 5.74) is 4.07. The molecule has 0 aliphatic carbocycles. The van der Waals surface area contributed by atoms with Crippen molar-refractivity contribution >= 4 is 59.2 Å². The van der Waals surface area contributed by atoms with Gasteiger partial charge in [-0.15, -0.1) is 0 Å². The van der Waals surface area contributed by atoms with Crippen LogP contribution in [0.5, 0.6) is 0 Å². The van der Waals surface area contributed by atoms with Crippen LogP contribution < -0.4 is 21.1 Å². The molecule has 4 aromatic rings. The number of nitrogens with zero attached hydrogens (tertiary/aromatic N) is 2. The first-order valence-corrected chi connectivity index (χ1v) is 22.9. The molecular formula is C48H62N4O7Si. The number of aliphatic carboxylic acids is 1. The first-order valence-electron chi connectivity index (χ1n) is 21.0. The highest BCUT2D eigenvalue weighted by Crippen LogP contribution is 2.38. The highest BCUT2D eigenvalue weighted by atomic mass is 28.4. The van der Waals surface area contributed by atoms with E-state index in [1.807, 2.05) is 101 Å². The molecule has 1 fully saturated rings. The average molecular weight is 835 g/mol. The lowest BCUT2D eigenvalue weighted by molar-refractivity contribution is -0.150. The molecule has 320 valence electrons. The molecule has 3 aromatic carbocycles. The number of amides is 2. The number of hydrogen-bond donors (Lipinski definition) is 4. The molecule has 1 aromatic heterocycles. The molecule has 12 heteroatoms. The number of aliphatic hydroxyl groups is 1. The summed E-state index contributed by atoms with van der Waals surface area (Å²) in [6.45, 7) is 17.5. The van der Waals surface area contributed by atoms with Gasteiger partial charge in [-0.1, -0.05) is 126 Å². The van der Waals surface area contributed by atoms with Gasteiger partial charge in [-0.2, -0.15) is 0 Å². The number of carboxylic acids is 1. The van der Waals surface area contributed by atoms with E-state index < -0.39 is 66.8 Å². The maximum absolute atomic E-state index is 14.7. The molecule has 1 aliphatic rings. The fourth-order valence-electron chi connectivity index (χ4n) is 7.95. The summed E-state index contributed by atoms with van der Waals surface area (Å²) in [7, 11) is -3.23. The zero-order valence-corrected chi connectivity index (χ0v) is 37.4. The molecule has 0 saturated carbocycles. The van der Waals surface area contributed by atoms with Gasteiger partial charge >= 0.3 is 5.97 Å². The number of nitrogens with one attached hydrogen (secondary N) is 2. The van der Waals surface area contributed by atoms with Crippen LogP contribution in [0.4, 0.5) is 0 Å². The topological polar surface area (TPSA) is 158 Å². The van der Waals surface area contributed by atoms with Crippen molar-refractivity contribution in [2.45, 2.75) is 111 Å². The summed E-state index contributed by atoms with van der Waals surface area (Å²) >= 11 is 0. The third kappa shape index (κ3) is 10.5. The van der Waals surface area contributed by atoms with E-state index in [0.29, 0.717) is 18.5 Å². The summed E-state index contributed by atoms with van der Waals surface area (Å²) < 4.78 is 7.36. The number of carbonyl (C=O) groups is 4. The fourth-order valence-corrected chi connectivity index (χ4v) is 12.7. The van der Waals surface area contributed by atoms with Gasteiger partial charge in [0.25, 0.3) is 14.2 Å². The Morgan fingerprint density at radius 2 is 1.52 bits per heavy atom. The summed E-state index contributed by atoms with van der Waals surface area (Å²) in [6, 6.07) is 27.3. The van der Waals surface area contributed by atoms with E-state index in [4.69, 9.17) is 4.43 Å². The second-order valence-corrected chi connectivity index (χ2v) is 22.3. The lowest BCUT2D eigenvalue weighted by Crippen LogP contribution is -2.70.